The molecule has 1 aliphatic rings. The van der Waals surface area contributed by atoms with E-state index in [4.69, 9.17) is 9.47 Å². The van der Waals surface area contributed by atoms with Crippen LogP contribution in [0.2, 0.25) is 0 Å². The first-order valence-corrected chi connectivity index (χ1v) is 6.97. The largest absolute Gasteiger partial charge is 0.490 e. The highest BCUT2D eigenvalue weighted by atomic mass is 16.5. The molecule has 2 unspecified atom stereocenters. The average Bonchev–Trinajstić information content (AvgIpc) is 2.85. The van der Waals surface area contributed by atoms with Crippen LogP contribution >= 0.6 is 0 Å². The molecule has 1 fully saturated rings. The van der Waals surface area contributed by atoms with E-state index in [1.807, 2.05) is 24.3 Å². The topological polar surface area (TPSA) is 35.5 Å². The second-order valence-corrected chi connectivity index (χ2v) is 5.32. The summed E-state index contributed by atoms with van der Waals surface area (Å²) < 4.78 is 10.6. The molecule has 0 radical (unpaired) electrons. The van der Waals surface area contributed by atoms with E-state index in [9.17, 15) is 4.79 Å². The van der Waals surface area contributed by atoms with Gasteiger partial charge < -0.3 is 9.47 Å². The van der Waals surface area contributed by atoms with Gasteiger partial charge in [0.2, 0.25) is 0 Å². The fraction of sp³-hybridized carbons (Fsp3) is 0.562. The second kappa shape index (κ2) is 6.71. The molecule has 0 N–H and O–H groups in total. The maximum absolute atomic E-state index is 12.5. The van der Waals surface area contributed by atoms with Gasteiger partial charge in [0.05, 0.1) is 12.2 Å². The molecule has 0 amide bonds. The van der Waals surface area contributed by atoms with E-state index in [0.717, 1.165) is 24.8 Å². The van der Waals surface area contributed by atoms with E-state index in [1.165, 1.54) is 0 Å². The van der Waals surface area contributed by atoms with Crippen LogP contribution in [0.1, 0.15) is 36.5 Å². The number of hydrogen-bond donors (Lipinski definition) is 0. The van der Waals surface area contributed by atoms with Crippen LogP contribution in [-0.2, 0) is 4.74 Å². The first-order chi connectivity index (χ1) is 9.22. The van der Waals surface area contributed by atoms with Gasteiger partial charge in [0.1, 0.15) is 12.4 Å². The number of Topliss-reactive ketones (excluding diaryl/α,β-unsaturated/α-hetero) is 1. The van der Waals surface area contributed by atoms with Crippen molar-refractivity contribution in [1.29, 1.82) is 0 Å². The van der Waals surface area contributed by atoms with E-state index in [0.29, 0.717) is 24.9 Å². The van der Waals surface area contributed by atoms with Gasteiger partial charge in [0.15, 0.2) is 5.78 Å². The summed E-state index contributed by atoms with van der Waals surface area (Å²) in [5.74, 6) is 1.75. The molecule has 104 valence electrons. The molecular formula is C16H22O3. The summed E-state index contributed by atoms with van der Waals surface area (Å²) in [5.41, 5.74) is 0.720. The number of ether oxygens (including phenoxy) is 2. The van der Waals surface area contributed by atoms with Crippen LogP contribution < -0.4 is 4.74 Å². The van der Waals surface area contributed by atoms with Gasteiger partial charge in [-0.15, -0.1) is 0 Å². The molecule has 2 rings (SSSR count). The van der Waals surface area contributed by atoms with Crippen molar-refractivity contribution in [3.05, 3.63) is 29.8 Å². The molecule has 0 saturated heterocycles. The lowest BCUT2D eigenvalue weighted by atomic mass is 9.95. The van der Waals surface area contributed by atoms with Gasteiger partial charge in [0.25, 0.3) is 0 Å². The summed E-state index contributed by atoms with van der Waals surface area (Å²) in [6.45, 7) is 3.22. The fourth-order valence-corrected chi connectivity index (χ4v) is 2.70. The third-order valence-electron chi connectivity index (χ3n) is 3.76. The number of carbonyl (C=O) groups excluding carboxylic acids is 1. The molecule has 0 aliphatic heterocycles. The highest BCUT2D eigenvalue weighted by Crippen LogP contribution is 2.34. The molecule has 19 heavy (non-hydrogen) atoms. The van der Waals surface area contributed by atoms with E-state index in [2.05, 4.69) is 6.92 Å². The maximum atomic E-state index is 12.5. The average molecular weight is 262 g/mol. The Labute approximate surface area is 114 Å². The monoisotopic (exact) mass is 262 g/mol. The lowest BCUT2D eigenvalue weighted by molar-refractivity contribution is 0.0913. The molecule has 1 aromatic carbocycles. The molecule has 0 heterocycles. The Kier molecular flexibility index (Phi) is 4.97. The van der Waals surface area contributed by atoms with Crippen molar-refractivity contribution in [1.82, 2.24) is 0 Å². The van der Waals surface area contributed by atoms with Gasteiger partial charge in [0, 0.05) is 13.0 Å². The molecule has 1 aliphatic carbocycles. The Morgan fingerprint density at radius 3 is 2.74 bits per heavy atom. The number of methoxy groups -OCH3 is 1. The second-order valence-electron chi connectivity index (χ2n) is 5.32. The zero-order valence-corrected chi connectivity index (χ0v) is 11.7. The van der Waals surface area contributed by atoms with Crippen LogP contribution in [0, 0.1) is 11.8 Å². The first kappa shape index (κ1) is 14.1. The number of hydrogen-bond acceptors (Lipinski definition) is 3. The lowest BCUT2D eigenvalue weighted by Gasteiger charge is -2.13. The third-order valence-corrected chi connectivity index (χ3v) is 3.76. The quantitative estimate of drug-likeness (QED) is 0.582. The number of para-hydroxylation sites is 1. The number of carbonyl (C=O) groups is 1. The van der Waals surface area contributed by atoms with Gasteiger partial charge in [-0.05, 0) is 37.3 Å². The molecule has 2 atom stereocenters. The van der Waals surface area contributed by atoms with Crippen molar-refractivity contribution in [2.24, 2.45) is 11.8 Å². The van der Waals surface area contributed by atoms with Crippen molar-refractivity contribution in [2.45, 2.75) is 26.2 Å². The minimum absolute atomic E-state index is 0.169. The maximum Gasteiger partial charge on any atom is 0.169 e. The van der Waals surface area contributed by atoms with E-state index in [-0.39, 0.29) is 11.7 Å². The van der Waals surface area contributed by atoms with Crippen LogP contribution in [0.15, 0.2) is 24.3 Å². The van der Waals surface area contributed by atoms with Gasteiger partial charge in [-0.3, -0.25) is 4.79 Å². The zero-order chi connectivity index (χ0) is 13.7. The van der Waals surface area contributed by atoms with E-state index in [1.54, 1.807) is 7.11 Å². The van der Waals surface area contributed by atoms with Gasteiger partial charge in [-0.1, -0.05) is 19.1 Å². The summed E-state index contributed by atoms with van der Waals surface area (Å²) in [5, 5.41) is 0. The molecule has 0 spiro atoms. The Balaban J connectivity index is 2.08. The van der Waals surface area contributed by atoms with Crippen molar-refractivity contribution in [3.63, 3.8) is 0 Å². The highest BCUT2D eigenvalue weighted by molar-refractivity contribution is 6.00. The Morgan fingerprint density at radius 1 is 1.26 bits per heavy atom. The third kappa shape index (κ3) is 3.57. The van der Waals surface area contributed by atoms with E-state index >= 15 is 0 Å². The Hall–Kier alpha value is -1.35. The predicted octanol–water partition coefficient (Wildman–Crippen LogP) is 3.33. The standard InChI is InChI=1S/C16H22O3/c1-12-7-8-13(11-12)16(17)14-5-3-4-6-15(14)19-10-9-18-2/h3-6,12-13H,7-11H2,1-2H3. The Bertz CT molecular complexity index is 428. The number of ketones is 1. The number of rotatable bonds is 6. The van der Waals surface area contributed by atoms with Crippen LogP contribution in [-0.4, -0.2) is 26.1 Å². The normalized spacial score (nSPS) is 22.4. The van der Waals surface area contributed by atoms with Gasteiger partial charge >= 0.3 is 0 Å². The predicted molar refractivity (Wildman–Crippen MR) is 74.6 cm³/mol. The molecule has 1 saturated carbocycles. The molecule has 0 aromatic heterocycles. The summed E-state index contributed by atoms with van der Waals surface area (Å²) in [6, 6.07) is 7.53. The summed E-state index contributed by atoms with van der Waals surface area (Å²) in [4.78, 5) is 12.5. The van der Waals surface area contributed by atoms with Crippen LogP contribution in [0.25, 0.3) is 0 Å². The fourth-order valence-electron chi connectivity index (χ4n) is 2.70. The van der Waals surface area contributed by atoms with Gasteiger partial charge in [-0.2, -0.15) is 0 Å². The van der Waals surface area contributed by atoms with Gasteiger partial charge in [-0.25, -0.2) is 0 Å². The minimum atomic E-state index is 0.169. The van der Waals surface area contributed by atoms with Crippen molar-refractivity contribution >= 4 is 5.78 Å². The summed E-state index contributed by atoms with van der Waals surface area (Å²) >= 11 is 0. The molecule has 0 bridgehead atoms. The van der Waals surface area contributed by atoms with Crippen molar-refractivity contribution in [2.75, 3.05) is 20.3 Å². The van der Waals surface area contributed by atoms with Crippen molar-refractivity contribution in [3.8, 4) is 5.75 Å². The van der Waals surface area contributed by atoms with Crippen molar-refractivity contribution < 1.29 is 14.3 Å². The Morgan fingerprint density at radius 2 is 2.05 bits per heavy atom. The SMILES string of the molecule is COCCOc1ccccc1C(=O)C1CCC(C)C1. The van der Waals surface area contributed by atoms with Crippen LogP contribution in [0.4, 0.5) is 0 Å². The van der Waals surface area contributed by atoms with E-state index < -0.39 is 0 Å². The minimum Gasteiger partial charge on any atom is -0.490 e. The molecule has 3 heteroatoms. The first-order valence-electron chi connectivity index (χ1n) is 6.97. The van der Waals surface area contributed by atoms with Crippen LogP contribution in [0.5, 0.6) is 5.75 Å². The molecule has 1 aromatic rings. The number of benzene rings is 1. The highest BCUT2D eigenvalue weighted by Gasteiger charge is 2.29. The lowest BCUT2D eigenvalue weighted by Crippen LogP contribution is -2.14. The smallest absolute Gasteiger partial charge is 0.169 e. The summed E-state index contributed by atoms with van der Waals surface area (Å²) in [7, 11) is 1.64. The molecule has 3 nitrogen and oxygen atoms in total. The van der Waals surface area contributed by atoms with Crippen LogP contribution in [0.3, 0.4) is 0 Å². The zero-order valence-electron chi connectivity index (χ0n) is 11.7. The molecular weight excluding hydrogens is 240 g/mol. The summed E-state index contributed by atoms with van der Waals surface area (Å²) in [6.07, 6.45) is 3.17.